The molecule has 0 radical (unpaired) electrons. The quantitative estimate of drug-likeness (QED) is 0.685. The normalized spacial score (nSPS) is 11.4. The number of benzene rings is 1. The molecule has 1 heterocycles. The van der Waals surface area contributed by atoms with Crippen molar-refractivity contribution in [2.45, 2.75) is 17.0 Å². The van der Waals surface area contributed by atoms with Gasteiger partial charge in [-0.15, -0.1) is 11.8 Å². The second-order valence-corrected chi connectivity index (χ2v) is 5.24. The Labute approximate surface area is 124 Å². The fourth-order valence-electron chi connectivity index (χ4n) is 1.66. The van der Waals surface area contributed by atoms with E-state index in [1.165, 1.54) is 24.9 Å². The van der Waals surface area contributed by atoms with Crippen LogP contribution in [0, 0.1) is 0 Å². The fourth-order valence-corrected chi connectivity index (χ4v) is 2.45. The van der Waals surface area contributed by atoms with Crippen molar-refractivity contribution in [2.75, 3.05) is 12.8 Å². The van der Waals surface area contributed by atoms with E-state index in [9.17, 15) is 13.2 Å². The molecule has 21 heavy (non-hydrogen) atoms. The van der Waals surface area contributed by atoms with Crippen LogP contribution in [0.3, 0.4) is 0 Å². The lowest BCUT2D eigenvalue weighted by Gasteiger charge is -2.08. The van der Waals surface area contributed by atoms with Gasteiger partial charge in [0, 0.05) is 11.9 Å². The van der Waals surface area contributed by atoms with Crippen molar-refractivity contribution in [1.29, 1.82) is 0 Å². The second kappa shape index (κ2) is 6.26. The van der Waals surface area contributed by atoms with Gasteiger partial charge in [0.25, 0.3) is 0 Å². The van der Waals surface area contributed by atoms with Crippen molar-refractivity contribution in [3.63, 3.8) is 0 Å². The minimum Gasteiger partial charge on any atom is -0.495 e. The first-order valence-electron chi connectivity index (χ1n) is 5.98. The first kappa shape index (κ1) is 15.5. The molecule has 0 aliphatic carbocycles. The van der Waals surface area contributed by atoms with E-state index in [1.54, 1.807) is 12.1 Å². The molecule has 0 bridgehead atoms. The Kier molecular flexibility index (Phi) is 4.62. The number of nitrogens with zero attached hydrogens (tertiary/aromatic N) is 1. The maximum Gasteiger partial charge on any atom is 0.417 e. The van der Waals surface area contributed by atoms with Crippen LogP contribution in [0.1, 0.15) is 11.1 Å². The number of halogens is 3. The van der Waals surface area contributed by atoms with E-state index < -0.39 is 11.7 Å². The standard InChI is InChI=1S/C14H13F3N2OS/c1-20-12-4-2-9(6-11(12)18)8-21-13-5-3-10(7-19-13)14(15,16)17/h2-7H,8,18H2,1H3. The van der Waals surface area contributed by atoms with Crippen LogP contribution in [0.5, 0.6) is 5.75 Å². The first-order valence-corrected chi connectivity index (χ1v) is 6.97. The third-order valence-electron chi connectivity index (χ3n) is 2.74. The molecule has 3 nitrogen and oxygen atoms in total. The molecule has 1 aromatic heterocycles. The summed E-state index contributed by atoms with van der Waals surface area (Å²) < 4.78 is 42.3. The van der Waals surface area contributed by atoms with Gasteiger partial charge in [0.1, 0.15) is 5.75 Å². The van der Waals surface area contributed by atoms with Crippen molar-refractivity contribution < 1.29 is 17.9 Å². The Morgan fingerprint density at radius 3 is 2.52 bits per heavy atom. The summed E-state index contributed by atoms with van der Waals surface area (Å²) in [4.78, 5) is 3.80. The number of alkyl halides is 3. The van der Waals surface area contributed by atoms with E-state index in [0.717, 1.165) is 17.8 Å². The number of thioether (sulfide) groups is 1. The largest absolute Gasteiger partial charge is 0.495 e. The summed E-state index contributed by atoms with van der Waals surface area (Å²) in [6.07, 6.45) is -3.52. The minimum atomic E-state index is -4.36. The van der Waals surface area contributed by atoms with Gasteiger partial charge in [-0.25, -0.2) is 4.98 Å². The molecule has 0 aliphatic heterocycles. The van der Waals surface area contributed by atoms with Crippen LogP contribution >= 0.6 is 11.8 Å². The molecule has 0 saturated carbocycles. The lowest BCUT2D eigenvalue weighted by Crippen LogP contribution is -2.05. The molecular formula is C14H13F3N2OS. The van der Waals surface area contributed by atoms with Crippen LogP contribution in [-0.4, -0.2) is 12.1 Å². The highest BCUT2D eigenvalue weighted by Gasteiger charge is 2.30. The molecule has 0 amide bonds. The van der Waals surface area contributed by atoms with E-state index in [1.807, 2.05) is 6.07 Å². The summed E-state index contributed by atoms with van der Waals surface area (Å²) in [5, 5.41) is 0.525. The van der Waals surface area contributed by atoms with E-state index in [-0.39, 0.29) is 0 Å². The molecule has 2 aromatic rings. The number of nitrogens with two attached hydrogens (primary N) is 1. The predicted octanol–water partition coefficient (Wildman–Crippen LogP) is 3.98. The van der Waals surface area contributed by atoms with Crippen molar-refractivity contribution in [1.82, 2.24) is 4.98 Å². The molecule has 1 aromatic carbocycles. The van der Waals surface area contributed by atoms with E-state index in [0.29, 0.717) is 22.2 Å². The Balaban J connectivity index is 2.01. The van der Waals surface area contributed by atoms with Gasteiger partial charge in [0.2, 0.25) is 0 Å². The Bertz CT molecular complexity index is 615. The fraction of sp³-hybridized carbons (Fsp3) is 0.214. The number of anilines is 1. The van der Waals surface area contributed by atoms with Gasteiger partial charge in [0.05, 0.1) is 23.4 Å². The predicted molar refractivity (Wildman–Crippen MR) is 76.2 cm³/mol. The maximum absolute atomic E-state index is 12.4. The molecule has 0 fully saturated rings. The van der Waals surface area contributed by atoms with E-state index >= 15 is 0 Å². The number of rotatable bonds is 4. The summed E-state index contributed by atoms with van der Waals surface area (Å²) in [5.41, 5.74) is 6.51. The third kappa shape index (κ3) is 4.04. The molecule has 112 valence electrons. The van der Waals surface area contributed by atoms with Crippen molar-refractivity contribution >= 4 is 17.4 Å². The van der Waals surface area contributed by atoms with Crippen LogP contribution in [-0.2, 0) is 11.9 Å². The Morgan fingerprint density at radius 1 is 1.24 bits per heavy atom. The first-order chi connectivity index (χ1) is 9.90. The van der Waals surface area contributed by atoms with Gasteiger partial charge in [0.15, 0.2) is 0 Å². The van der Waals surface area contributed by atoms with Crippen molar-refractivity contribution in [3.05, 3.63) is 47.7 Å². The molecule has 0 aliphatic rings. The lowest BCUT2D eigenvalue weighted by atomic mass is 10.2. The van der Waals surface area contributed by atoms with Gasteiger partial charge < -0.3 is 10.5 Å². The monoisotopic (exact) mass is 314 g/mol. The van der Waals surface area contributed by atoms with Gasteiger partial charge in [-0.3, -0.25) is 0 Å². The summed E-state index contributed by atoms with van der Waals surface area (Å²) >= 11 is 1.34. The summed E-state index contributed by atoms with van der Waals surface area (Å²) in [6.45, 7) is 0. The van der Waals surface area contributed by atoms with E-state index in [2.05, 4.69) is 4.98 Å². The Morgan fingerprint density at radius 2 is 2.00 bits per heavy atom. The van der Waals surface area contributed by atoms with Gasteiger partial charge in [-0.1, -0.05) is 6.07 Å². The number of ether oxygens (including phenoxy) is 1. The number of hydrogen-bond donors (Lipinski definition) is 1. The number of pyridine rings is 1. The highest BCUT2D eigenvalue weighted by molar-refractivity contribution is 7.98. The summed E-state index contributed by atoms with van der Waals surface area (Å²) in [5.74, 6) is 1.16. The van der Waals surface area contributed by atoms with Gasteiger partial charge >= 0.3 is 6.18 Å². The number of nitrogen functional groups attached to an aromatic ring is 1. The summed E-state index contributed by atoms with van der Waals surface area (Å²) in [7, 11) is 1.53. The highest BCUT2D eigenvalue weighted by Crippen LogP contribution is 2.31. The zero-order valence-corrected chi connectivity index (χ0v) is 12.0. The van der Waals surface area contributed by atoms with Crippen LogP contribution in [0.15, 0.2) is 41.6 Å². The molecule has 0 unspecified atom stereocenters. The van der Waals surface area contributed by atoms with Gasteiger partial charge in [-0.2, -0.15) is 13.2 Å². The van der Waals surface area contributed by atoms with E-state index in [4.69, 9.17) is 10.5 Å². The number of methoxy groups -OCH3 is 1. The highest BCUT2D eigenvalue weighted by atomic mass is 32.2. The lowest BCUT2D eigenvalue weighted by molar-refractivity contribution is -0.137. The number of aromatic nitrogens is 1. The molecular weight excluding hydrogens is 301 g/mol. The molecule has 7 heteroatoms. The average Bonchev–Trinajstić information content (AvgIpc) is 2.45. The number of hydrogen-bond acceptors (Lipinski definition) is 4. The maximum atomic E-state index is 12.4. The van der Waals surface area contributed by atoms with Crippen LogP contribution < -0.4 is 10.5 Å². The van der Waals surface area contributed by atoms with Crippen LogP contribution in [0.25, 0.3) is 0 Å². The molecule has 2 N–H and O–H groups in total. The SMILES string of the molecule is COc1ccc(CSc2ccc(C(F)(F)F)cn2)cc1N. The average molecular weight is 314 g/mol. The van der Waals surface area contributed by atoms with Crippen LogP contribution in [0.4, 0.5) is 18.9 Å². The topological polar surface area (TPSA) is 48.1 Å². The molecule has 2 rings (SSSR count). The van der Waals surface area contributed by atoms with Crippen molar-refractivity contribution in [2.24, 2.45) is 0 Å². The Hall–Kier alpha value is -1.89. The zero-order valence-electron chi connectivity index (χ0n) is 11.1. The molecule has 0 atom stereocenters. The smallest absolute Gasteiger partial charge is 0.417 e. The minimum absolute atomic E-state index is 0.524. The zero-order chi connectivity index (χ0) is 15.5. The third-order valence-corrected chi connectivity index (χ3v) is 3.76. The molecule has 0 spiro atoms. The van der Waals surface area contributed by atoms with Gasteiger partial charge in [-0.05, 0) is 29.8 Å². The molecule has 0 saturated heterocycles. The van der Waals surface area contributed by atoms with Crippen LogP contribution in [0.2, 0.25) is 0 Å². The summed E-state index contributed by atoms with van der Waals surface area (Å²) in [6, 6.07) is 7.77. The second-order valence-electron chi connectivity index (χ2n) is 4.25. The van der Waals surface area contributed by atoms with Crippen molar-refractivity contribution in [3.8, 4) is 5.75 Å².